The lowest BCUT2D eigenvalue weighted by molar-refractivity contribution is -0.870. The van der Waals surface area contributed by atoms with Crippen LogP contribution in [0.4, 0.5) is 11.5 Å². The third kappa shape index (κ3) is 2.83. The van der Waals surface area contributed by atoms with Gasteiger partial charge in [-0.1, -0.05) is 6.07 Å². The summed E-state index contributed by atoms with van der Waals surface area (Å²) in [6.07, 6.45) is 4.60. The molecule has 0 fully saturated rings. The van der Waals surface area contributed by atoms with Crippen LogP contribution < -0.4 is 11.1 Å². The number of rotatable bonds is 5. The van der Waals surface area contributed by atoms with Gasteiger partial charge in [-0.2, -0.15) is 0 Å². The highest BCUT2D eigenvalue weighted by molar-refractivity contribution is 5.81. The predicted molar refractivity (Wildman–Crippen MR) is 87.6 cm³/mol. The highest BCUT2D eigenvalue weighted by Crippen LogP contribution is 2.29. The molecule has 2 aromatic rings. The fourth-order valence-electron chi connectivity index (χ4n) is 3.05. The SMILES string of the molecule is C[N+](C)(C)CCCNc1nn2c3c(ccc2c1N)CCC3. The van der Waals surface area contributed by atoms with Gasteiger partial charge in [0.15, 0.2) is 5.82 Å². The van der Waals surface area contributed by atoms with Crippen molar-refractivity contribution in [2.24, 2.45) is 0 Å². The first kappa shape index (κ1) is 14.2. The molecule has 1 aliphatic carbocycles. The Morgan fingerprint density at radius 3 is 2.86 bits per heavy atom. The number of aryl methyl sites for hydroxylation is 2. The highest BCUT2D eigenvalue weighted by atomic mass is 15.3. The van der Waals surface area contributed by atoms with Crippen molar-refractivity contribution in [1.29, 1.82) is 0 Å². The van der Waals surface area contributed by atoms with E-state index in [9.17, 15) is 0 Å². The Kier molecular flexibility index (Phi) is 3.53. The van der Waals surface area contributed by atoms with E-state index in [4.69, 9.17) is 10.8 Å². The lowest BCUT2D eigenvalue weighted by Gasteiger charge is -2.23. The second kappa shape index (κ2) is 5.22. The van der Waals surface area contributed by atoms with Gasteiger partial charge in [0.2, 0.25) is 0 Å². The van der Waals surface area contributed by atoms with E-state index in [-0.39, 0.29) is 0 Å². The van der Waals surface area contributed by atoms with Crippen molar-refractivity contribution in [2.75, 3.05) is 45.3 Å². The maximum absolute atomic E-state index is 6.25. The Bertz CT molecular complexity index is 651. The molecule has 0 bridgehead atoms. The van der Waals surface area contributed by atoms with E-state index in [1.54, 1.807) is 0 Å². The molecule has 0 atom stereocenters. The van der Waals surface area contributed by atoms with Crippen LogP contribution >= 0.6 is 0 Å². The van der Waals surface area contributed by atoms with Crippen molar-refractivity contribution >= 4 is 17.0 Å². The zero-order valence-corrected chi connectivity index (χ0v) is 13.3. The number of nitrogen functional groups attached to an aromatic ring is 1. The number of nitrogens with one attached hydrogen (secondary N) is 1. The van der Waals surface area contributed by atoms with Crippen molar-refractivity contribution in [3.8, 4) is 0 Å². The molecule has 0 unspecified atom stereocenters. The van der Waals surface area contributed by atoms with Crippen LogP contribution in [0, 0.1) is 0 Å². The van der Waals surface area contributed by atoms with Gasteiger partial charge < -0.3 is 15.5 Å². The molecule has 1 aliphatic rings. The van der Waals surface area contributed by atoms with Gasteiger partial charge in [0, 0.05) is 18.7 Å². The molecule has 0 amide bonds. The van der Waals surface area contributed by atoms with Gasteiger partial charge in [-0.15, -0.1) is 5.10 Å². The Balaban J connectivity index is 1.76. The topological polar surface area (TPSA) is 55.4 Å². The molecule has 2 heterocycles. The van der Waals surface area contributed by atoms with Crippen LogP contribution in [0.3, 0.4) is 0 Å². The average Bonchev–Trinajstić information content (AvgIpc) is 2.99. The predicted octanol–water partition coefficient (Wildman–Crippen LogP) is 1.91. The first-order valence-electron chi connectivity index (χ1n) is 7.79. The minimum atomic E-state index is 0.773. The van der Waals surface area contributed by atoms with E-state index in [0.29, 0.717) is 0 Å². The summed E-state index contributed by atoms with van der Waals surface area (Å²) < 4.78 is 3.02. The number of hydrogen-bond acceptors (Lipinski definition) is 3. The van der Waals surface area contributed by atoms with Crippen LogP contribution in [0.1, 0.15) is 24.1 Å². The first-order chi connectivity index (χ1) is 9.96. The second-order valence-corrected chi connectivity index (χ2v) is 7.01. The van der Waals surface area contributed by atoms with E-state index in [1.807, 2.05) is 4.52 Å². The zero-order valence-electron chi connectivity index (χ0n) is 13.3. The summed E-state index contributed by atoms with van der Waals surface area (Å²) in [6.45, 7) is 2.04. The Morgan fingerprint density at radius 1 is 1.29 bits per heavy atom. The molecular weight excluding hydrogens is 262 g/mol. The van der Waals surface area contributed by atoms with Crippen LogP contribution in [0.25, 0.3) is 5.52 Å². The lowest BCUT2D eigenvalue weighted by Crippen LogP contribution is -2.36. The van der Waals surface area contributed by atoms with Crippen LogP contribution in [-0.4, -0.2) is 48.3 Å². The molecule has 0 saturated heterocycles. The number of nitrogens with two attached hydrogens (primary N) is 1. The number of fused-ring (bicyclic) bond motifs is 3. The lowest BCUT2D eigenvalue weighted by atomic mass is 10.2. The quantitative estimate of drug-likeness (QED) is 0.653. The summed E-state index contributed by atoms with van der Waals surface area (Å²) >= 11 is 0. The Labute approximate surface area is 126 Å². The molecule has 0 radical (unpaired) electrons. The van der Waals surface area contributed by atoms with Gasteiger partial charge in [0.25, 0.3) is 0 Å². The number of hydrogen-bond donors (Lipinski definition) is 2. The second-order valence-electron chi connectivity index (χ2n) is 7.01. The van der Waals surface area contributed by atoms with E-state index >= 15 is 0 Å². The molecule has 0 saturated carbocycles. The number of quaternary nitrogens is 1. The fourth-order valence-corrected chi connectivity index (χ4v) is 3.05. The van der Waals surface area contributed by atoms with E-state index in [1.165, 1.54) is 17.7 Å². The van der Waals surface area contributed by atoms with Crippen LogP contribution in [0.15, 0.2) is 12.1 Å². The van der Waals surface area contributed by atoms with Crippen molar-refractivity contribution in [2.45, 2.75) is 25.7 Å². The summed E-state index contributed by atoms with van der Waals surface area (Å²) in [5.41, 5.74) is 10.8. The summed E-state index contributed by atoms with van der Waals surface area (Å²) in [5.74, 6) is 0.830. The van der Waals surface area contributed by atoms with Gasteiger partial charge >= 0.3 is 0 Å². The molecule has 114 valence electrons. The average molecular weight is 288 g/mol. The van der Waals surface area contributed by atoms with Gasteiger partial charge in [-0.25, -0.2) is 4.52 Å². The van der Waals surface area contributed by atoms with Crippen molar-refractivity contribution < 1.29 is 4.48 Å². The molecule has 2 aromatic heterocycles. The molecular formula is C16H26N5+. The first-order valence-corrected chi connectivity index (χ1v) is 7.79. The molecule has 0 spiro atoms. The minimum absolute atomic E-state index is 0.773. The monoisotopic (exact) mass is 288 g/mol. The summed E-state index contributed by atoms with van der Waals surface area (Å²) in [5, 5.41) is 8.09. The van der Waals surface area contributed by atoms with E-state index < -0.39 is 0 Å². The van der Waals surface area contributed by atoms with Crippen LogP contribution in [0.5, 0.6) is 0 Å². The molecule has 0 aliphatic heterocycles. The Morgan fingerprint density at radius 2 is 2.10 bits per heavy atom. The largest absolute Gasteiger partial charge is 0.394 e. The number of anilines is 2. The van der Waals surface area contributed by atoms with Crippen molar-refractivity contribution in [3.05, 3.63) is 23.4 Å². The fraction of sp³-hybridized carbons (Fsp3) is 0.562. The normalized spacial score (nSPS) is 14.6. The standard InChI is InChI=1S/C16H26N5/c1-21(2,3)11-5-10-18-16-15(17)14-9-8-12-6-4-7-13(12)20(14)19-16/h8-9H,4-7,10-11,17H2,1-3H3,(H,18,19)/q+1. The van der Waals surface area contributed by atoms with Gasteiger partial charge in [0.1, 0.15) is 5.69 Å². The summed E-state index contributed by atoms with van der Waals surface area (Å²) in [4.78, 5) is 0. The smallest absolute Gasteiger partial charge is 0.172 e. The van der Waals surface area contributed by atoms with Crippen LogP contribution in [-0.2, 0) is 12.8 Å². The van der Waals surface area contributed by atoms with Crippen LogP contribution in [0.2, 0.25) is 0 Å². The summed E-state index contributed by atoms with van der Waals surface area (Å²) in [7, 11) is 6.63. The van der Waals surface area contributed by atoms with E-state index in [0.717, 1.165) is 53.9 Å². The van der Waals surface area contributed by atoms with Gasteiger partial charge in [0.05, 0.1) is 33.2 Å². The van der Waals surface area contributed by atoms with Crippen molar-refractivity contribution in [1.82, 2.24) is 9.61 Å². The number of pyridine rings is 1. The molecule has 21 heavy (non-hydrogen) atoms. The molecule has 0 aromatic carbocycles. The van der Waals surface area contributed by atoms with Gasteiger partial charge in [-0.05, 0) is 30.9 Å². The third-order valence-electron chi connectivity index (χ3n) is 4.19. The maximum Gasteiger partial charge on any atom is 0.172 e. The third-order valence-corrected chi connectivity index (χ3v) is 4.19. The summed E-state index contributed by atoms with van der Waals surface area (Å²) in [6, 6.07) is 4.31. The number of aromatic nitrogens is 2. The molecule has 5 heteroatoms. The molecule has 3 rings (SSSR count). The molecule has 5 nitrogen and oxygen atoms in total. The van der Waals surface area contributed by atoms with Gasteiger partial charge in [-0.3, -0.25) is 0 Å². The highest BCUT2D eigenvalue weighted by Gasteiger charge is 2.18. The van der Waals surface area contributed by atoms with E-state index in [2.05, 4.69) is 38.6 Å². The zero-order chi connectivity index (χ0) is 15.0. The molecule has 3 N–H and O–H groups in total. The number of nitrogens with zero attached hydrogens (tertiary/aromatic N) is 3. The minimum Gasteiger partial charge on any atom is -0.394 e. The Hall–Kier alpha value is -1.75. The maximum atomic E-state index is 6.25. The van der Waals surface area contributed by atoms with Crippen molar-refractivity contribution in [3.63, 3.8) is 0 Å².